The van der Waals surface area contributed by atoms with E-state index in [1.165, 1.54) is 23.1 Å². The molecular formula is C18H22F3NO3. The van der Waals surface area contributed by atoms with Crippen molar-refractivity contribution in [1.82, 2.24) is 4.90 Å². The number of aliphatic carboxylic acids is 1. The topological polar surface area (TPSA) is 57.6 Å². The first kappa shape index (κ1) is 19.3. The van der Waals surface area contributed by atoms with Gasteiger partial charge in [-0.25, -0.2) is 0 Å². The normalized spacial score (nSPS) is 22.5. The van der Waals surface area contributed by atoms with Gasteiger partial charge in [-0.1, -0.05) is 25.1 Å². The fourth-order valence-corrected chi connectivity index (χ4v) is 3.31. The molecule has 0 aromatic heterocycles. The maximum absolute atomic E-state index is 13.1. The van der Waals surface area contributed by atoms with E-state index in [0.29, 0.717) is 19.4 Å². The molecule has 1 aliphatic rings. The molecule has 1 fully saturated rings. The number of benzene rings is 1. The molecule has 4 nitrogen and oxygen atoms in total. The third-order valence-corrected chi connectivity index (χ3v) is 4.84. The second-order valence-corrected chi connectivity index (χ2v) is 6.97. The molecule has 1 amide bonds. The van der Waals surface area contributed by atoms with Crippen LogP contribution in [0.1, 0.15) is 50.2 Å². The number of alkyl halides is 3. The molecule has 1 aromatic carbocycles. The molecule has 2 atom stereocenters. The Morgan fingerprint density at radius 3 is 2.56 bits per heavy atom. The van der Waals surface area contributed by atoms with Crippen molar-refractivity contribution in [3.63, 3.8) is 0 Å². The van der Waals surface area contributed by atoms with Gasteiger partial charge in [-0.3, -0.25) is 9.59 Å². The first-order chi connectivity index (χ1) is 11.5. The van der Waals surface area contributed by atoms with Gasteiger partial charge in [-0.2, -0.15) is 13.2 Å². The third-order valence-electron chi connectivity index (χ3n) is 4.84. The van der Waals surface area contributed by atoms with Gasteiger partial charge in [0.1, 0.15) is 0 Å². The van der Waals surface area contributed by atoms with Gasteiger partial charge in [0.2, 0.25) is 5.91 Å². The molecule has 1 aromatic rings. The van der Waals surface area contributed by atoms with Crippen molar-refractivity contribution >= 4 is 11.9 Å². The van der Waals surface area contributed by atoms with Crippen LogP contribution in [0, 0.1) is 5.41 Å². The van der Waals surface area contributed by atoms with Crippen LogP contribution in [0.5, 0.6) is 0 Å². The summed E-state index contributed by atoms with van der Waals surface area (Å²) in [6.45, 7) is 3.71. The Kier molecular flexibility index (Phi) is 5.44. The summed E-state index contributed by atoms with van der Waals surface area (Å²) < 4.78 is 39.4. The van der Waals surface area contributed by atoms with E-state index in [-0.39, 0.29) is 24.4 Å². The zero-order valence-corrected chi connectivity index (χ0v) is 14.3. The molecule has 0 radical (unpaired) electrons. The van der Waals surface area contributed by atoms with Crippen molar-refractivity contribution in [2.24, 2.45) is 5.41 Å². The van der Waals surface area contributed by atoms with E-state index in [1.54, 1.807) is 13.8 Å². The molecule has 138 valence electrons. The number of carboxylic acids is 1. The fraction of sp³-hybridized carbons (Fsp3) is 0.556. The molecule has 0 bridgehead atoms. The lowest BCUT2D eigenvalue weighted by Crippen LogP contribution is -2.48. The lowest BCUT2D eigenvalue weighted by molar-refractivity contribution is -0.153. The Hall–Kier alpha value is -2.05. The minimum atomic E-state index is -4.47. The Morgan fingerprint density at radius 1 is 1.32 bits per heavy atom. The van der Waals surface area contributed by atoms with E-state index >= 15 is 0 Å². The molecule has 0 saturated carbocycles. The minimum absolute atomic E-state index is 0.0806. The lowest BCUT2D eigenvalue weighted by Gasteiger charge is -2.38. The Bertz CT molecular complexity index is 659. The van der Waals surface area contributed by atoms with Crippen LogP contribution in [0.25, 0.3) is 0 Å². The summed E-state index contributed by atoms with van der Waals surface area (Å²) in [5.41, 5.74) is -1.65. The van der Waals surface area contributed by atoms with E-state index in [9.17, 15) is 27.9 Å². The SMILES string of the molecule is CC(CC(=O)N1CCCC(C)(C(=O)O)C1)c1ccccc1C(F)(F)F. The van der Waals surface area contributed by atoms with Crippen LogP contribution in [0.3, 0.4) is 0 Å². The van der Waals surface area contributed by atoms with Crippen molar-refractivity contribution in [2.45, 2.75) is 45.2 Å². The Balaban J connectivity index is 2.12. The van der Waals surface area contributed by atoms with Crippen LogP contribution < -0.4 is 0 Å². The second kappa shape index (κ2) is 7.06. The van der Waals surface area contributed by atoms with Crippen LogP contribution in [0.4, 0.5) is 13.2 Å². The van der Waals surface area contributed by atoms with Gasteiger partial charge in [0.05, 0.1) is 11.0 Å². The largest absolute Gasteiger partial charge is 0.481 e. The highest BCUT2D eigenvalue weighted by atomic mass is 19.4. The van der Waals surface area contributed by atoms with Crippen molar-refractivity contribution in [1.29, 1.82) is 0 Å². The number of carbonyl (C=O) groups excluding carboxylic acids is 1. The molecule has 0 aliphatic carbocycles. The van der Waals surface area contributed by atoms with Gasteiger partial charge in [-0.05, 0) is 37.3 Å². The van der Waals surface area contributed by atoms with Crippen molar-refractivity contribution in [3.05, 3.63) is 35.4 Å². The summed E-state index contributed by atoms with van der Waals surface area (Å²) in [5, 5.41) is 9.32. The van der Waals surface area contributed by atoms with E-state index in [0.717, 1.165) is 6.07 Å². The number of likely N-dealkylation sites (tertiary alicyclic amines) is 1. The number of piperidine rings is 1. The summed E-state index contributed by atoms with van der Waals surface area (Å²) in [5.74, 6) is -1.87. The van der Waals surface area contributed by atoms with Crippen LogP contribution in [0.2, 0.25) is 0 Å². The summed E-state index contributed by atoms with van der Waals surface area (Å²) in [6, 6.07) is 5.24. The van der Waals surface area contributed by atoms with E-state index < -0.39 is 29.0 Å². The smallest absolute Gasteiger partial charge is 0.416 e. The molecule has 0 spiro atoms. The maximum Gasteiger partial charge on any atom is 0.416 e. The Morgan fingerprint density at radius 2 is 1.96 bits per heavy atom. The standard InChI is InChI=1S/C18H22F3NO3/c1-12(13-6-3-4-7-14(13)18(19,20)21)10-15(23)22-9-5-8-17(2,11-22)16(24)25/h3-4,6-7,12H,5,8-11H2,1-2H3,(H,24,25). The number of carboxylic acid groups (broad SMARTS) is 1. The molecule has 1 heterocycles. The van der Waals surface area contributed by atoms with Crippen LogP contribution >= 0.6 is 0 Å². The van der Waals surface area contributed by atoms with Gasteiger partial charge in [0.25, 0.3) is 0 Å². The van der Waals surface area contributed by atoms with Crippen LogP contribution in [-0.4, -0.2) is 35.0 Å². The lowest BCUT2D eigenvalue weighted by atomic mass is 9.81. The van der Waals surface area contributed by atoms with Crippen LogP contribution in [-0.2, 0) is 15.8 Å². The number of nitrogens with zero attached hydrogens (tertiary/aromatic N) is 1. The molecule has 2 rings (SSSR count). The first-order valence-corrected chi connectivity index (χ1v) is 8.22. The summed E-state index contributed by atoms with van der Waals surface area (Å²) in [7, 11) is 0. The van der Waals surface area contributed by atoms with Crippen molar-refractivity contribution in [3.8, 4) is 0 Å². The third kappa shape index (κ3) is 4.32. The highest BCUT2D eigenvalue weighted by Gasteiger charge is 2.40. The van der Waals surface area contributed by atoms with Gasteiger partial charge in [0, 0.05) is 19.5 Å². The molecule has 2 unspecified atom stereocenters. The number of hydrogen-bond acceptors (Lipinski definition) is 2. The van der Waals surface area contributed by atoms with Crippen LogP contribution in [0.15, 0.2) is 24.3 Å². The Labute approximate surface area is 144 Å². The molecular weight excluding hydrogens is 335 g/mol. The molecule has 1 saturated heterocycles. The van der Waals surface area contributed by atoms with Crippen molar-refractivity contribution < 1.29 is 27.9 Å². The number of hydrogen-bond donors (Lipinski definition) is 1. The zero-order valence-electron chi connectivity index (χ0n) is 14.3. The number of halogens is 3. The molecule has 1 aliphatic heterocycles. The average molecular weight is 357 g/mol. The number of amides is 1. The number of carbonyl (C=O) groups is 2. The quantitative estimate of drug-likeness (QED) is 0.889. The number of rotatable bonds is 4. The zero-order chi connectivity index (χ0) is 18.8. The highest BCUT2D eigenvalue weighted by molar-refractivity contribution is 5.80. The molecule has 1 N–H and O–H groups in total. The summed E-state index contributed by atoms with van der Waals surface area (Å²) in [4.78, 5) is 25.3. The predicted octanol–water partition coefficient (Wildman–Crippen LogP) is 3.91. The highest BCUT2D eigenvalue weighted by Crippen LogP contribution is 2.37. The first-order valence-electron chi connectivity index (χ1n) is 8.22. The van der Waals surface area contributed by atoms with Gasteiger partial charge in [-0.15, -0.1) is 0 Å². The van der Waals surface area contributed by atoms with E-state index in [4.69, 9.17) is 0 Å². The van der Waals surface area contributed by atoms with Crippen molar-refractivity contribution in [2.75, 3.05) is 13.1 Å². The van der Waals surface area contributed by atoms with Gasteiger partial charge < -0.3 is 10.0 Å². The molecule has 25 heavy (non-hydrogen) atoms. The van der Waals surface area contributed by atoms with Gasteiger partial charge >= 0.3 is 12.1 Å². The predicted molar refractivity (Wildman–Crippen MR) is 86.0 cm³/mol. The summed E-state index contributed by atoms with van der Waals surface area (Å²) in [6.07, 6.45) is -3.50. The van der Waals surface area contributed by atoms with E-state index in [2.05, 4.69) is 0 Å². The minimum Gasteiger partial charge on any atom is -0.481 e. The molecule has 7 heteroatoms. The monoisotopic (exact) mass is 357 g/mol. The van der Waals surface area contributed by atoms with Gasteiger partial charge in [0.15, 0.2) is 0 Å². The average Bonchev–Trinajstić information content (AvgIpc) is 2.54. The summed E-state index contributed by atoms with van der Waals surface area (Å²) >= 11 is 0. The van der Waals surface area contributed by atoms with E-state index in [1.807, 2.05) is 0 Å². The maximum atomic E-state index is 13.1. The second-order valence-electron chi connectivity index (χ2n) is 6.97. The fourth-order valence-electron chi connectivity index (χ4n) is 3.31.